The van der Waals surface area contributed by atoms with E-state index in [1.807, 2.05) is 0 Å². The zero-order valence-corrected chi connectivity index (χ0v) is 12.0. The number of ether oxygens (including phenoxy) is 2. The normalized spacial score (nSPS) is 13.5. The van der Waals surface area contributed by atoms with Crippen molar-refractivity contribution in [2.24, 2.45) is 0 Å². The Morgan fingerprint density at radius 1 is 1.17 bits per heavy atom. The molecule has 3 aromatic rings. The molecule has 124 valence electrons. The van der Waals surface area contributed by atoms with E-state index in [4.69, 9.17) is 9.47 Å². The third-order valence-corrected chi connectivity index (χ3v) is 3.45. The smallest absolute Gasteiger partial charge is 0.433 e. The first-order chi connectivity index (χ1) is 11.5. The van der Waals surface area contributed by atoms with Crippen molar-refractivity contribution in [3.05, 3.63) is 41.9 Å². The Labute approximate surface area is 133 Å². The van der Waals surface area contributed by atoms with Crippen molar-refractivity contribution >= 4 is 11.6 Å². The van der Waals surface area contributed by atoms with Gasteiger partial charge in [0.1, 0.15) is 12.1 Å². The van der Waals surface area contributed by atoms with Gasteiger partial charge in [-0.1, -0.05) is 6.07 Å². The molecule has 0 aliphatic carbocycles. The predicted molar refractivity (Wildman–Crippen MR) is 75.7 cm³/mol. The Morgan fingerprint density at radius 2 is 2.00 bits per heavy atom. The molecular formula is C14H10F3N5O2. The van der Waals surface area contributed by atoms with E-state index in [-0.39, 0.29) is 24.9 Å². The summed E-state index contributed by atoms with van der Waals surface area (Å²) in [5, 5.41) is 6.80. The summed E-state index contributed by atoms with van der Waals surface area (Å²) in [5.41, 5.74) is -0.214. The molecule has 0 bridgehead atoms. The molecule has 0 radical (unpaired) electrons. The van der Waals surface area contributed by atoms with Gasteiger partial charge in [0, 0.05) is 12.6 Å². The van der Waals surface area contributed by atoms with Crippen LogP contribution in [0.15, 0.2) is 30.6 Å². The number of fused-ring (bicyclic) bond motifs is 2. The molecule has 1 aliphatic rings. The monoisotopic (exact) mass is 337 g/mol. The Morgan fingerprint density at radius 3 is 2.83 bits per heavy atom. The Bertz CT molecular complexity index is 909. The minimum atomic E-state index is -4.57. The standard InChI is InChI=1S/C14H10F3N5O2/c15-14(16,17)11-4-12(22-13(21-11)19-6-20-22)18-5-8-1-2-9-10(3-8)24-7-23-9/h1-4,6,18H,5,7H2. The minimum Gasteiger partial charge on any atom is -0.454 e. The molecule has 10 heteroatoms. The molecule has 7 nitrogen and oxygen atoms in total. The maximum Gasteiger partial charge on any atom is 0.433 e. The highest BCUT2D eigenvalue weighted by molar-refractivity contribution is 5.48. The Balaban J connectivity index is 1.63. The van der Waals surface area contributed by atoms with Crippen molar-refractivity contribution in [3.63, 3.8) is 0 Å². The molecule has 3 heterocycles. The third-order valence-electron chi connectivity index (χ3n) is 3.45. The molecule has 0 saturated carbocycles. The first-order valence-electron chi connectivity index (χ1n) is 6.91. The number of nitrogens with zero attached hydrogens (tertiary/aromatic N) is 4. The lowest BCUT2D eigenvalue weighted by Gasteiger charge is -2.11. The second-order valence-corrected chi connectivity index (χ2v) is 5.04. The highest BCUT2D eigenvalue weighted by Gasteiger charge is 2.34. The number of aromatic nitrogens is 4. The maximum absolute atomic E-state index is 12.9. The van der Waals surface area contributed by atoms with Crippen molar-refractivity contribution in [1.29, 1.82) is 0 Å². The quantitative estimate of drug-likeness (QED) is 0.792. The second-order valence-electron chi connectivity index (χ2n) is 5.04. The number of nitrogens with one attached hydrogen (secondary N) is 1. The summed E-state index contributed by atoms with van der Waals surface area (Å²) in [4.78, 5) is 7.18. The SMILES string of the molecule is FC(F)(F)c1cc(NCc2ccc3c(c2)OCO3)n2ncnc2n1. The fourth-order valence-electron chi connectivity index (χ4n) is 2.33. The van der Waals surface area contributed by atoms with E-state index < -0.39 is 11.9 Å². The molecule has 0 saturated heterocycles. The van der Waals surface area contributed by atoms with Crippen LogP contribution in [0.25, 0.3) is 5.78 Å². The molecule has 24 heavy (non-hydrogen) atoms. The van der Waals surface area contributed by atoms with Gasteiger partial charge in [0.15, 0.2) is 17.2 Å². The van der Waals surface area contributed by atoms with Crippen LogP contribution in [-0.4, -0.2) is 26.4 Å². The molecular weight excluding hydrogens is 327 g/mol. The second kappa shape index (κ2) is 5.25. The van der Waals surface area contributed by atoms with Crippen LogP contribution < -0.4 is 14.8 Å². The van der Waals surface area contributed by atoms with Crippen molar-refractivity contribution < 1.29 is 22.6 Å². The van der Waals surface area contributed by atoms with Crippen molar-refractivity contribution in [3.8, 4) is 11.5 Å². The van der Waals surface area contributed by atoms with Crippen LogP contribution >= 0.6 is 0 Å². The summed E-state index contributed by atoms with van der Waals surface area (Å²) < 4.78 is 50.5. The van der Waals surface area contributed by atoms with Gasteiger partial charge in [-0.15, -0.1) is 0 Å². The van der Waals surface area contributed by atoms with E-state index in [0.29, 0.717) is 11.5 Å². The number of hydrogen-bond donors (Lipinski definition) is 1. The molecule has 1 N–H and O–H groups in total. The van der Waals surface area contributed by atoms with Gasteiger partial charge in [-0.05, 0) is 17.7 Å². The van der Waals surface area contributed by atoms with Crippen molar-refractivity contribution in [2.75, 3.05) is 12.1 Å². The lowest BCUT2D eigenvalue weighted by atomic mass is 10.2. The molecule has 0 atom stereocenters. The summed E-state index contributed by atoms with van der Waals surface area (Å²) in [6.45, 7) is 0.429. The summed E-state index contributed by atoms with van der Waals surface area (Å²) in [6, 6.07) is 6.21. The van der Waals surface area contributed by atoms with E-state index in [1.165, 1.54) is 4.52 Å². The van der Waals surface area contributed by atoms with Crippen molar-refractivity contribution in [1.82, 2.24) is 19.6 Å². The van der Waals surface area contributed by atoms with Crippen molar-refractivity contribution in [2.45, 2.75) is 12.7 Å². The van der Waals surface area contributed by atoms with Crippen LogP contribution in [0.5, 0.6) is 11.5 Å². The van der Waals surface area contributed by atoms with Gasteiger partial charge in [0.25, 0.3) is 5.78 Å². The summed E-state index contributed by atoms with van der Waals surface area (Å²) in [7, 11) is 0. The zero-order valence-electron chi connectivity index (χ0n) is 12.0. The summed E-state index contributed by atoms with van der Waals surface area (Å²) in [5.74, 6) is 1.26. The molecule has 0 fully saturated rings. The molecule has 0 spiro atoms. The first kappa shape index (κ1) is 14.5. The Kier molecular flexibility index (Phi) is 3.18. The third kappa shape index (κ3) is 2.55. The van der Waals surface area contributed by atoms with Gasteiger partial charge in [-0.2, -0.15) is 27.8 Å². The van der Waals surface area contributed by atoms with Gasteiger partial charge in [0.05, 0.1) is 0 Å². The lowest BCUT2D eigenvalue weighted by molar-refractivity contribution is -0.141. The van der Waals surface area contributed by atoms with E-state index in [9.17, 15) is 13.2 Å². The van der Waals surface area contributed by atoms with Crippen LogP contribution in [0.4, 0.5) is 19.0 Å². The molecule has 1 aromatic carbocycles. The van der Waals surface area contributed by atoms with E-state index >= 15 is 0 Å². The van der Waals surface area contributed by atoms with Crippen LogP contribution in [0.2, 0.25) is 0 Å². The summed E-state index contributed by atoms with van der Waals surface area (Å²) in [6.07, 6.45) is -3.42. The van der Waals surface area contributed by atoms with Crippen LogP contribution in [0.1, 0.15) is 11.3 Å². The topological polar surface area (TPSA) is 73.6 Å². The Hall–Kier alpha value is -3.04. The lowest BCUT2D eigenvalue weighted by Crippen LogP contribution is -2.13. The summed E-state index contributed by atoms with van der Waals surface area (Å²) >= 11 is 0. The van der Waals surface area contributed by atoms with Crippen LogP contribution in [0.3, 0.4) is 0 Å². The maximum atomic E-state index is 12.9. The number of hydrogen-bond acceptors (Lipinski definition) is 6. The minimum absolute atomic E-state index is 0.127. The highest BCUT2D eigenvalue weighted by Crippen LogP contribution is 2.33. The fourth-order valence-corrected chi connectivity index (χ4v) is 2.33. The number of benzene rings is 1. The highest BCUT2D eigenvalue weighted by atomic mass is 19.4. The zero-order chi connectivity index (χ0) is 16.7. The molecule has 1 aliphatic heterocycles. The van der Waals surface area contributed by atoms with E-state index in [0.717, 1.165) is 18.0 Å². The first-order valence-corrected chi connectivity index (χ1v) is 6.91. The predicted octanol–water partition coefficient (Wildman–Crippen LogP) is 2.48. The van der Waals surface area contributed by atoms with Gasteiger partial charge in [0.2, 0.25) is 6.79 Å². The van der Waals surface area contributed by atoms with Gasteiger partial charge in [-0.3, -0.25) is 0 Å². The van der Waals surface area contributed by atoms with Gasteiger partial charge < -0.3 is 14.8 Å². The largest absolute Gasteiger partial charge is 0.454 e. The number of anilines is 1. The number of rotatable bonds is 3. The van der Waals surface area contributed by atoms with Gasteiger partial charge >= 0.3 is 6.18 Å². The molecule has 0 unspecified atom stereocenters. The molecule has 0 amide bonds. The van der Waals surface area contributed by atoms with E-state index in [1.54, 1.807) is 18.2 Å². The van der Waals surface area contributed by atoms with E-state index in [2.05, 4.69) is 20.4 Å². The fraction of sp³-hybridized carbons (Fsp3) is 0.214. The average Bonchev–Trinajstić information content (AvgIpc) is 3.19. The van der Waals surface area contributed by atoms with Crippen LogP contribution in [-0.2, 0) is 12.7 Å². The molecule has 2 aromatic heterocycles. The number of halogens is 3. The molecule has 4 rings (SSSR count). The number of alkyl halides is 3. The van der Waals surface area contributed by atoms with Crippen LogP contribution in [0, 0.1) is 0 Å². The average molecular weight is 337 g/mol. The van der Waals surface area contributed by atoms with Gasteiger partial charge in [-0.25, -0.2) is 4.98 Å².